The molecular weight excluding hydrogens is 255 g/mol. The number of carbonyl (C=O) groups excluding carboxylic acids is 1. The third-order valence-corrected chi connectivity index (χ3v) is 5.76. The molecule has 0 radical (unpaired) electrons. The standard InChI is InChI=1S/C17H19FO2/c18-13-7-4-11(5-8-13)16-14-9-6-12-2-1-3-15(19)17(12,14)10-20-16/h4-5,7-8,12,14,16H,1-3,6,9-10H2/t12-,14+,16+,17-/m1/s1. The highest BCUT2D eigenvalue weighted by atomic mass is 19.1. The number of halogens is 1. The lowest BCUT2D eigenvalue weighted by atomic mass is 9.63. The SMILES string of the molecule is O=C1CCC[C@@H]2CC[C@H]3[C@H](c4ccc(F)cc4)OC[C@@]123. The Hall–Kier alpha value is -1.22. The summed E-state index contributed by atoms with van der Waals surface area (Å²) < 4.78 is 19.1. The third kappa shape index (κ3) is 1.56. The molecule has 106 valence electrons. The normalized spacial score (nSPS) is 39.6. The van der Waals surface area contributed by atoms with Crippen LogP contribution < -0.4 is 0 Å². The van der Waals surface area contributed by atoms with Crippen molar-refractivity contribution in [3.05, 3.63) is 35.6 Å². The van der Waals surface area contributed by atoms with Gasteiger partial charge in [0.2, 0.25) is 0 Å². The van der Waals surface area contributed by atoms with Gasteiger partial charge in [0.15, 0.2) is 0 Å². The number of Topliss-reactive ketones (excluding diaryl/α,β-unsaturated/α-hetero) is 1. The molecule has 3 aliphatic rings. The molecule has 1 aromatic carbocycles. The van der Waals surface area contributed by atoms with Crippen LogP contribution in [0.4, 0.5) is 4.39 Å². The minimum Gasteiger partial charge on any atom is -0.372 e. The van der Waals surface area contributed by atoms with Crippen molar-refractivity contribution in [2.45, 2.75) is 38.2 Å². The van der Waals surface area contributed by atoms with Gasteiger partial charge < -0.3 is 4.74 Å². The predicted molar refractivity (Wildman–Crippen MR) is 72.6 cm³/mol. The molecule has 0 N–H and O–H groups in total. The molecule has 4 atom stereocenters. The summed E-state index contributed by atoms with van der Waals surface area (Å²) in [6.45, 7) is 0.573. The van der Waals surface area contributed by atoms with Gasteiger partial charge in [0.05, 0.1) is 18.1 Å². The minimum atomic E-state index is -0.225. The van der Waals surface area contributed by atoms with Gasteiger partial charge in [-0.15, -0.1) is 0 Å². The smallest absolute Gasteiger partial charge is 0.142 e. The van der Waals surface area contributed by atoms with Crippen LogP contribution in [0.3, 0.4) is 0 Å². The van der Waals surface area contributed by atoms with E-state index in [1.165, 1.54) is 18.6 Å². The number of ether oxygens (including phenoxy) is 1. The summed E-state index contributed by atoms with van der Waals surface area (Å²) in [7, 11) is 0. The second kappa shape index (κ2) is 4.39. The summed E-state index contributed by atoms with van der Waals surface area (Å²) in [5, 5.41) is 0. The van der Waals surface area contributed by atoms with Crippen molar-refractivity contribution in [3.8, 4) is 0 Å². The van der Waals surface area contributed by atoms with E-state index in [4.69, 9.17) is 4.74 Å². The first-order valence-corrected chi connectivity index (χ1v) is 7.62. The average Bonchev–Trinajstić information content (AvgIpc) is 2.99. The van der Waals surface area contributed by atoms with Crippen molar-refractivity contribution < 1.29 is 13.9 Å². The largest absolute Gasteiger partial charge is 0.372 e. The summed E-state index contributed by atoms with van der Waals surface area (Å²) >= 11 is 0. The van der Waals surface area contributed by atoms with E-state index in [0.717, 1.165) is 24.8 Å². The van der Waals surface area contributed by atoms with Crippen LogP contribution >= 0.6 is 0 Å². The second-order valence-corrected chi connectivity index (χ2v) is 6.52. The van der Waals surface area contributed by atoms with Gasteiger partial charge in [0.1, 0.15) is 11.6 Å². The van der Waals surface area contributed by atoms with Gasteiger partial charge in [0, 0.05) is 12.3 Å². The van der Waals surface area contributed by atoms with Crippen LogP contribution in [0.15, 0.2) is 24.3 Å². The van der Waals surface area contributed by atoms with E-state index in [0.29, 0.717) is 30.6 Å². The van der Waals surface area contributed by atoms with Gasteiger partial charge in [-0.05, 0) is 49.3 Å². The van der Waals surface area contributed by atoms with Crippen molar-refractivity contribution in [1.29, 1.82) is 0 Å². The van der Waals surface area contributed by atoms with Gasteiger partial charge in [-0.2, -0.15) is 0 Å². The molecule has 4 rings (SSSR count). The molecule has 0 aromatic heterocycles. The number of hydrogen-bond donors (Lipinski definition) is 0. The number of benzene rings is 1. The Balaban J connectivity index is 1.70. The summed E-state index contributed by atoms with van der Waals surface area (Å²) in [6.07, 6.45) is 5.12. The Morgan fingerprint density at radius 2 is 1.95 bits per heavy atom. The van der Waals surface area contributed by atoms with Crippen LogP contribution in [-0.2, 0) is 9.53 Å². The summed E-state index contributed by atoms with van der Waals surface area (Å²) in [4.78, 5) is 12.6. The lowest BCUT2D eigenvalue weighted by Gasteiger charge is -2.37. The van der Waals surface area contributed by atoms with Crippen molar-refractivity contribution in [3.63, 3.8) is 0 Å². The Kier molecular flexibility index (Phi) is 2.75. The van der Waals surface area contributed by atoms with E-state index in [2.05, 4.69) is 0 Å². The predicted octanol–water partition coefficient (Wildman–Crippen LogP) is 3.66. The van der Waals surface area contributed by atoms with Crippen LogP contribution in [0.1, 0.15) is 43.8 Å². The molecule has 1 aliphatic heterocycles. The van der Waals surface area contributed by atoms with Crippen molar-refractivity contribution in [2.24, 2.45) is 17.3 Å². The Morgan fingerprint density at radius 3 is 2.75 bits per heavy atom. The number of hydrogen-bond acceptors (Lipinski definition) is 2. The molecule has 1 spiro atoms. The summed E-state index contributed by atoms with van der Waals surface area (Å²) in [5.41, 5.74) is 0.796. The van der Waals surface area contributed by atoms with Crippen LogP contribution in [0.5, 0.6) is 0 Å². The van der Waals surface area contributed by atoms with Gasteiger partial charge >= 0.3 is 0 Å². The lowest BCUT2D eigenvalue weighted by molar-refractivity contribution is -0.135. The molecule has 2 aliphatic carbocycles. The van der Waals surface area contributed by atoms with E-state index < -0.39 is 0 Å². The van der Waals surface area contributed by atoms with Crippen LogP contribution in [0, 0.1) is 23.1 Å². The van der Waals surface area contributed by atoms with E-state index in [-0.39, 0.29) is 17.3 Å². The van der Waals surface area contributed by atoms with Gasteiger partial charge in [-0.25, -0.2) is 4.39 Å². The molecule has 1 saturated heterocycles. The van der Waals surface area contributed by atoms with Crippen molar-refractivity contribution in [2.75, 3.05) is 6.61 Å². The zero-order valence-corrected chi connectivity index (χ0v) is 11.5. The lowest BCUT2D eigenvalue weighted by Crippen LogP contribution is -2.43. The molecule has 0 bridgehead atoms. The Morgan fingerprint density at radius 1 is 1.15 bits per heavy atom. The molecular formula is C17H19FO2. The highest BCUT2D eigenvalue weighted by Crippen LogP contribution is 2.62. The fraction of sp³-hybridized carbons (Fsp3) is 0.588. The average molecular weight is 274 g/mol. The molecule has 0 amide bonds. The maximum Gasteiger partial charge on any atom is 0.142 e. The summed E-state index contributed by atoms with van der Waals surface area (Å²) in [5.74, 6) is 1.00. The minimum absolute atomic E-state index is 0.0253. The van der Waals surface area contributed by atoms with Gasteiger partial charge in [-0.3, -0.25) is 4.79 Å². The fourth-order valence-corrected chi connectivity index (χ4v) is 4.83. The number of ketones is 1. The molecule has 0 unspecified atom stereocenters. The number of rotatable bonds is 1. The van der Waals surface area contributed by atoms with E-state index >= 15 is 0 Å². The Labute approximate surface area is 118 Å². The third-order valence-electron chi connectivity index (χ3n) is 5.76. The maximum atomic E-state index is 13.1. The molecule has 3 heteroatoms. The zero-order valence-electron chi connectivity index (χ0n) is 11.5. The highest BCUT2D eigenvalue weighted by molar-refractivity contribution is 5.87. The van der Waals surface area contributed by atoms with Crippen LogP contribution in [0.25, 0.3) is 0 Å². The second-order valence-electron chi connectivity index (χ2n) is 6.52. The Bertz CT molecular complexity index is 538. The van der Waals surface area contributed by atoms with E-state index in [9.17, 15) is 9.18 Å². The van der Waals surface area contributed by atoms with E-state index in [1.54, 1.807) is 12.1 Å². The maximum absolute atomic E-state index is 13.1. The molecule has 1 aromatic rings. The molecule has 3 fully saturated rings. The molecule has 20 heavy (non-hydrogen) atoms. The van der Waals surface area contributed by atoms with Gasteiger partial charge in [-0.1, -0.05) is 12.1 Å². The van der Waals surface area contributed by atoms with E-state index in [1.807, 2.05) is 0 Å². The first-order valence-electron chi connectivity index (χ1n) is 7.62. The van der Waals surface area contributed by atoms with Crippen LogP contribution in [-0.4, -0.2) is 12.4 Å². The molecule has 1 heterocycles. The highest BCUT2D eigenvalue weighted by Gasteiger charge is 2.62. The zero-order chi connectivity index (χ0) is 13.7. The molecule has 2 saturated carbocycles. The topological polar surface area (TPSA) is 26.3 Å². The van der Waals surface area contributed by atoms with Crippen LogP contribution in [0.2, 0.25) is 0 Å². The summed E-state index contributed by atoms with van der Waals surface area (Å²) in [6, 6.07) is 6.58. The van der Waals surface area contributed by atoms with Gasteiger partial charge in [0.25, 0.3) is 0 Å². The molecule has 2 nitrogen and oxygen atoms in total. The first kappa shape index (κ1) is 12.5. The fourth-order valence-electron chi connectivity index (χ4n) is 4.83. The first-order chi connectivity index (χ1) is 9.72. The van der Waals surface area contributed by atoms with Crippen molar-refractivity contribution in [1.82, 2.24) is 0 Å². The monoisotopic (exact) mass is 274 g/mol. The number of carbonyl (C=O) groups is 1. The van der Waals surface area contributed by atoms with Crippen molar-refractivity contribution >= 4 is 5.78 Å². The quantitative estimate of drug-likeness (QED) is 0.781.